The van der Waals surface area contributed by atoms with Crippen LogP contribution in [0.15, 0.2) is 48.5 Å². The first-order chi connectivity index (χ1) is 14.0. The summed E-state index contributed by atoms with van der Waals surface area (Å²) in [4.78, 5) is 27.8. The van der Waals surface area contributed by atoms with Crippen LogP contribution >= 0.6 is 0 Å². The molecule has 1 atom stereocenters. The highest BCUT2D eigenvalue weighted by atomic mass is 16.5. The number of nitrogens with one attached hydrogen (secondary N) is 1. The summed E-state index contributed by atoms with van der Waals surface area (Å²) >= 11 is 0. The van der Waals surface area contributed by atoms with E-state index in [4.69, 9.17) is 4.74 Å². The molecule has 0 aliphatic heterocycles. The number of benzene rings is 2. The Hall–Kier alpha value is -2.82. The van der Waals surface area contributed by atoms with Crippen molar-refractivity contribution in [2.45, 2.75) is 52.6 Å². The van der Waals surface area contributed by atoms with Gasteiger partial charge >= 0.3 is 0 Å². The standard InChI is InChI=1S/C24H32N2O3/c1-5-14-25-24(28)22(6-2)26(17-19-11-9-13-21(15-19)29-4)23(27)16-20-12-8-7-10-18(20)3/h7-13,15,22H,5-6,14,16-17H2,1-4H3,(H,25,28)/t22-/m1/s1. The van der Waals surface area contributed by atoms with Crippen molar-refractivity contribution in [3.8, 4) is 5.75 Å². The number of hydrogen-bond acceptors (Lipinski definition) is 3. The molecule has 0 heterocycles. The van der Waals surface area contributed by atoms with Crippen LogP contribution in [0.25, 0.3) is 0 Å². The third kappa shape index (κ3) is 6.34. The molecular weight excluding hydrogens is 364 g/mol. The van der Waals surface area contributed by atoms with E-state index in [1.165, 1.54) is 0 Å². The molecule has 5 nitrogen and oxygen atoms in total. The number of amides is 2. The van der Waals surface area contributed by atoms with Crippen molar-refractivity contribution in [3.05, 3.63) is 65.2 Å². The van der Waals surface area contributed by atoms with Crippen molar-refractivity contribution in [2.75, 3.05) is 13.7 Å². The quantitative estimate of drug-likeness (QED) is 0.663. The molecule has 0 spiro atoms. The first-order valence-corrected chi connectivity index (χ1v) is 10.2. The van der Waals surface area contributed by atoms with E-state index >= 15 is 0 Å². The number of aryl methyl sites for hydroxylation is 1. The Kier molecular flexibility index (Phi) is 8.71. The van der Waals surface area contributed by atoms with E-state index in [1.807, 2.05) is 69.3 Å². The summed E-state index contributed by atoms with van der Waals surface area (Å²) < 4.78 is 5.31. The molecule has 0 fully saturated rings. The molecule has 0 aromatic heterocycles. The van der Waals surface area contributed by atoms with Gasteiger partial charge < -0.3 is 15.0 Å². The second kappa shape index (κ2) is 11.2. The topological polar surface area (TPSA) is 58.6 Å². The Morgan fingerprint density at radius 1 is 1.10 bits per heavy atom. The van der Waals surface area contributed by atoms with Gasteiger partial charge in [-0.25, -0.2) is 0 Å². The summed E-state index contributed by atoms with van der Waals surface area (Å²) in [5, 5.41) is 2.94. The van der Waals surface area contributed by atoms with Gasteiger partial charge in [0.25, 0.3) is 0 Å². The highest BCUT2D eigenvalue weighted by molar-refractivity contribution is 5.88. The monoisotopic (exact) mass is 396 g/mol. The average Bonchev–Trinajstić information content (AvgIpc) is 2.73. The lowest BCUT2D eigenvalue weighted by molar-refractivity contribution is -0.140. The van der Waals surface area contributed by atoms with Gasteiger partial charge in [-0.2, -0.15) is 0 Å². The van der Waals surface area contributed by atoms with Crippen molar-refractivity contribution in [3.63, 3.8) is 0 Å². The summed E-state index contributed by atoms with van der Waals surface area (Å²) in [5.41, 5.74) is 2.99. The molecule has 0 bridgehead atoms. The lowest BCUT2D eigenvalue weighted by atomic mass is 10.0. The van der Waals surface area contributed by atoms with Crippen LogP contribution in [0.2, 0.25) is 0 Å². The molecular formula is C24H32N2O3. The first kappa shape index (κ1) is 22.5. The van der Waals surface area contributed by atoms with Crippen LogP contribution in [-0.4, -0.2) is 36.4 Å². The van der Waals surface area contributed by atoms with Gasteiger partial charge in [-0.15, -0.1) is 0 Å². The van der Waals surface area contributed by atoms with E-state index in [0.29, 0.717) is 19.5 Å². The number of ether oxygens (including phenoxy) is 1. The fourth-order valence-electron chi connectivity index (χ4n) is 3.33. The molecule has 0 aliphatic rings. The zero-order valence-electron chi connectivity index (χ0n) is 17.9. The van der Waals surface area contributed by atoms with E-state index in [0.717, 1.165) is 28.9 Å². The Balaban J connectivity index is 2.30. The van der Waals surface area contributed by atoms with Gasteiger partial charge in [0.15, 0.2) is 0 Å². The number of hydrogen-bond donors (Lipinski definition) is 1. The SMILES string of the molecule is CCCNC(=O)[C@@H](CC)N(Cc1cccc(OC)c1)C(=O)Cc1ccccc1C. The molecule has 0 saturated carbocycles. The Bertz CT molecular complexity index is 819. The molecule has 2 rings (SSSR count). The molecule has 5 heteroatoms. The minimum atomic E-state index is -0.510. The zero-order valence-corrected chi connectivity index (χ0v) is 17.9. The minimum absolute atomic E-state index is 0.0550. The predicted molar refractivity (Wildman–Crippen MR) is 116 cm³/mol. The second-order valence-corrected chi connectivity index (χ2v) is 7.19. The molecule has 2 amide bonds. The van der Waals surface area contributed by atoms with Crippen LogP contribution in [0.4, 0.5) is 0 Å². The van der Waals surface area contributed by atoms with Crippen LogP contribution in [0, 0.1) is 6.92 Å². The Morgan fingerprint density at radius 2 is 1.86 bits per heavy atom. The van der Waals surface area contributed by atoms with E-state index in [2.05, 4.69) is 5.32 Å². The number of carbonyl (C=O) groups excluding carboxylic acids is 2. The molecule has 0 radical (unpaired) electrons. The van der Waals surface area contributed by atoms with E-state index < -0.39 is 6.04 Å². The van der Waals surface area contributed by atoms with Gasteiger partial charge in [0.2, 0.25) is 11.8 Å². The third-order valence-corrected chi connectivity index (χ3v) is 5.03. The lowest BCUT2D eigenvalue weighted by Crippen LogP contribution is -2.49. The molecule has 0 unspecified atom stereocenters. The molecule has 0 saturated heterocycles. The van der Waals surface area contributed by atoms with E-state index in [9.17, 15) is 9.59 Å². The molecule has 2 aromatic carbocycles. The van der Waals surface area contributed by atoms with E-state index in [-0.39, 0.29) is 18.2 Å². The van der Waals surface area contributed by atoms with Gasteiger partial charge in [-0.05, 0) is 48.6 Å². The molecule has 0 aliphatic carbocycles. The molecule has 156 valence electrons. The van der Waals surface area contributed by atoms with Crippen LogP contribution in [-0.2, 0) is 22.6 Å². The van der Waals surface area contributed by atoms with Gasteiger partial charge in [0, 0.05) is 13.1 Å². The minimum Gasteiger partial charge on any atom is -0.497 e. The number of carbonyl (C=O) groups is 2. The zero-order chi connectivity index (χ0) is 21.2. The second-order valence-electron chi connectivity index (χ2n) is 7.19. The van der Waals surface area contributed by atoms with Gasteiger partial charge in [0.1, 0.15) is 11.8 Å². The molecule has 1 N–H and O–H groups in total. The normalized spacial score (nSPS) is 11.6. The highest BCUT2D eigenvalue weighted by Gasteiger charge is 2.28. The van der Waals surface area contributed by atoms with Gasteiger partial charge in [-0.3, -0.25) is 9.59 Å². The van der Waals surface area contributed by atoms with Crippen molar-refractivity contribution < 1.29 is 14.3 Å². The van der Waals surface area contributed by atoms with Crippen LogP contribution in [0.1, 0.15) is 43.4 Å². The maximum absolute atomic E-state index is 13.3. The number of rotatable bonds is 10. The summed E-state index contributed by atoms with van der Waals surface area (Å²) in [6, 6.07) is 15.0. The van der Waals surface area contributed by atoms with Crippen molar-refractivity contribution >= 4 is 11.8 Å². The van der Waals surface area contributed by atoms with Crippen LogP contribution in [0.3, 0.4) is 0 Å². The molecule has 29 heavy (non-hydrogen) atoms. The maximum Gasteiger partial charge on any atom is 0.242 e. The maximum atomic E-state index is 13.3. The Labute approximate surface area is 174 Å². The van der Waals surface area contributed by atoms with Crippen molar-refractivity contribution in [2.24, 2.45) is 0 Å². The van der Waals surface area contributed by atoms with Crippen molar-refractivity contribution in [1.29, 1.82) is 0 Å². The Morgan fingerprint density at radius 3 is 2.52 bits per heavy atom. The fraction of sp³-hybridized carbons (Fsp3) is 0.417. The van der Waals surface area contributed by atoms with E-state index in [1.54, 1.807) is 12.0 Å². The highest BCUT2D eigenvalue weighted by Crippen LogP contribution is 2.19. The number of methoxy groups -OCH3 is 1. The van der Waals surface area contributed by atoms with Gasteiger partial charge in [0.05, 0.1) is 13.5 Å². The fourth-order valence-corrected chi connectivity index (χ4v) is 3.33. The average molecular weight is 397 g/mol. The number of nitrogens with zero attached hydrogens (tertiary/aromatic N) is 1. The first-order valence-electron chi connectivity index (χ1n) is 10.2. The van der Waals surface area contributed by atoms with Crippen molar-refractivity contribution in [1.82, 2.24) is 10.2 Å². The largest absolute Gasteiger partial charge is 0.497 e. The lowest BCUT2D eigenvalue weighted by Gasteiger charge is -2.31. The van der Waals surface area contributed by atoms with Crippen LogP contribution in [0.5, 0.6) is 5.75 Å². The summed E-state index contributed by atoms with van der Waals surface area (Å²) in [5.74, 6) is 0.577. The summed E-state index contributed by atoms with van der Waals surface area (Å²) in [7, 11) is 1.62. The third-order valence-electron chi connectivity index (χ3n) is 5.03. The van der Waals surface area contributed by atoms with Gasteiger partial charge in [-0.1, -0.05) is 50.2 Å². The predicted octanol–water partition coefficient (Wildman–Crippen LogP) is 3.88. The smallest absolute Gasteiger partial charge is 0.242 e. The molecule has 2 aromatic rings. The summed E-state index contributed by atoms with van der Waals surface area (Å²) in [6.45, 7) is 6.92. The van der Waals surface area contributed by atoms with Crippen LogP contribution < -0.4 is 10.1 Å². The summed E-state index contributed by atoms with van der Waals surface area (Å²) in [6.07, 6.45) is 1.68.